The van der Waals surface area contributed by atoms with Crippen molar-refractivity contribution in [3.63, 3.8) is 0 Å². The highest BCUT2D eigenvalue weighted by molar-refractivity contribution is 6.90. The number of anilines is 6. The Morgan fingerprint density at radius 3 is 0.833 bits per heavy atom. The lowest BCUT2D eigenvalue weighted by atomic mass is 9.90. The van der Waals surface area contributed by atoms with E-state index in [0.717, 1.165) is 88.4 Å². The van der Waals surface area contributed by atoms with Crippen LogP contribution in [0.25, 0.3) is 76.8 Å². The number of halogens is 2. The van der Waals surface area contributed by atoms with Crippen LogP contribution in [-0.4, -0.2) is 32.3 Å². The minimum atomic E-state index is -1.65. The van der Waals surface area contributed by atoms with Crippen LogP contribution in [0.2, 0.25) is 78.6 Å². The average Bonchev–Trinajstić information content (AvgIpc) is 0.838. The molecule has 0 aliphatic rings. The second-order valence-electron chi connectivity index (χ2n) is 26.9. The summed E-state index contributed by atoms with van der Waals surface area (Å²) in [4.78, 5) is 4.20. The van der Waals surface area contributed by atoms with Gasteiger partial charge < -0.3 is 9.80 Å². The first-order valence-corrected chi connectivity index (χ1v) is 43.5. The van der Waals surface area contributed by atoms with Crippen LogP contribution in [0, 0.1) is 11.6 Å². The van der Waals surface area contributed by atoms with Gasteiger partial charge in [0.1, 0.15) is 0 Å². The lowest BCUT2D eigenvalue weighted by molar-refractivity contribution is 0.632. The zero-order chi connectivity index (χ0) is 59.0. The fourth-order valence-electron chi connectivity index (χ4n) is 12.2. The van der Waals surface area contributed by atoms with Gasteiger partial charge in [-0.3, -0.25) is 0 Å². The summed E-state index contributed by atoms with van der Waals surface area (Å²) in [5, 5.41) is 11.6. The minimum absolute atomic E-state index is 0.291. The van der Waals surface area contributed by atoms with E-state index in [1.165, 1.54) is 20.7 Å². The highest BCUT2D eigenvalue weighted by Crippen LogP contribution is 2.51. The zero-order valence-corrected chi connectivity index (χ0v) is 54.6. The Morgan fingerprint density at radius 1 is 0.262 bits per heavy atom. The highest BCUT2D eigenvalue weighted by Gasteiger charge is 2.30. The molecule has 8 heteroatoms. The minimum Gasteiger partial charge on any atom is -0.307 e. The molecule has 0 spiro atoms. The predicted molar refractivity (Wildman–Crippen MR) is 373 cm³/mol. The maximum absolute atomic E-state index is 18.7. The molecule has 0 fully saturated rings. The summed E-state index contributed by atoms with van der Waals surface area (Å²) in [5.74, 6) is -0.582. The van der Waals surface area contributed by atoms with Gasteiger partial charge in [0.2, 0.25) is 0 Å². The summed E-state index contributed by atoms with van der Waals surface area (Å²) in [6, 6.07) is 80.9. The summed E-state index contributed by atoms with van der Waals surface area (Å²) in [6.45, 7) is 28.2. The van der Waals surface area contributed by atoms with Crippen LogP contribution in [0.4, 0.5) is 42.9 Å². The summed E-state index contributed by atoms with van der Waals surface area (Å²) in [5.41, 5.74) is 10.8. The van der Waals surface area contributed by atoms with E-state index >= 15 is 8.78 Å². The van der Waals surface area contributed by atoms with Crippen LogP contribution in [0.3, 0.4) is 0 Å². The van der Waals surface area contributed by atoms with Crippen molar-refractivity contribution in [1.82, 2.24) is 0 Å². The lowest BCUT2D eigenvalue weighted by Gasteiger charge is -2.30. The van der Waals surface area contributed by atoms with Crippen molar-refractivity contribution in [1.29, 1.82) is 0 Å². The number of benzene rings is 12. The second kappa shape index (κ2) is 21.6. The molecule has 0 saturated heterocycles. The van der Waals surface area contributed by atoms with Crippen LogP contribution in [0.15, 0.2) is 231 Å². The van der Waals surface area contributed by atoms with Gasteiger partial charge in [-0.05, 0) is 103 Å². The fourth-order valence-corrected chi connectivity index (χ4v) is 16.9. The Hall–Kier alpha value is -7.99. The van der Waals surface area contributed by atoms with Gasteiger partial charge in [0.05, 0.1) is 55.0 Å². The molecular formula is C76H74F2N2Si4. The maximum atomic E-state index is 18.7. The van der Waals surface area contributed by atoms with Gasteiger partial charge in [-0.1, -0.05) is 281 Å². The first-order chi connectivity index (χ1) is 40.0. The first kappa shape index (κ1) is 56.5. The van der Waals surface area contributed by atoms with Gasteiger partial charge in [0.15, 0.2) is 11.6 Å². The Kier molecular flexibility index (Phi) is 14.5. The van der Waals surface area contributed by atoms with Crippen molar-refractivity contribution >= 4 is 119 Å². The quantitative estimate of drug-likeness (QED) is 0.0791. The molecule has 418 valence electrons. The van der Waals surface area contributed by atoms with E-state index < -0.39 is 32.3 Å². The largest absolute Gasteiger partial charge is 0.307 e. The molecule has 0 aromatic heterocycles. The third-order valence-corrected chi connectivity index (χ3v) is 25.3. The van der Waals surface area contributed by atoms with Gasteiger partial charge in [0.25, 0.3) is 0 Å². The normalized spacial score (nSPS) is 12.4. The molecule has 2 nitrogen and oxygen atoms in total. The standard InChI is InChI=1S/C76H74F2N2Si4/c1-81(2,3)59-35-23-51(24-36-59)63-45-49-69(75(77)73(63)55-27-39-61(40-28-55)83(7,8)9)79(57-19-15-13-16-20-57)67-47-33-53-32-44-66-68(48-34-54-31-43-65(67)71(53)72(54)66)80(58-21-17-14-18-22-58)70-50-46-64(52-25-37-60(38-26-52)82(4,5)6)74(76(70)78)56-29-41-62(42-30-56)84(10,11)12/h13-50H,1-12H3. The monoisotopic (exact) mass is 1160 g/mol. The summed E-state index contributed by atoms with van der Waals surface area (Å²) < 4.78 is 37.5. The lowest BCUT2D eigenvalue weighted by Crippen LogP contribution is -2.37. The van der Waals surface area contributed by atoms with Gasteiger partial charge in [-0.25, -0.2) is 8.78 Å². The van der Waals surface area contributed by atoms with Gasteiger partial charge in [-0.2, -0.15) is 0 Å². The maximum Gasteiger partial charge on any atom is 0.155 e. The summed E-state index contributed by atoms with van der Waals surface area (Å²) >= 11 is 0. The Balaban J connectivity index is 1.07. The van der Waals surface area contributed by atoms with Crippen molar-refractivity contribution in [2.75, 3.05) is 9.80 Å². The van der Waals surface area contributed by atoms with Gasteiger partial charge in [0, 0.05) is 33.3 Å². The van der Waals surface area contributed by atoms with E-state index in [1.807, 2.05) is 48.5 Å². The SMILES string of the molecule is C[Si](C)(C)c1ccc(-c2ccc(N(c3ccccc3)c3ccc4ccc5c(N(c6ccccc6)c6ccc(-c7ccc([Si](C)(C)C)cc7)c(-c7ccc([Si](C)(C)C)cc7)c6F)ccc6ccc3c4c65)c(F)c2-c2ccc([Si](C)(C)C)cc2)cc1. The third-order valence-electron chi connectivity index (χ3n) is 17.1. The van der Waals surface area contributed by atoms with Crippen LogP contribution < -0.4 is 30.5 Å². The fraction of sp³-hybridized carbons (Fsp3) is 0.158. The first-order valence-electron chi connectivity index (χ1n) is 29.5. The van der Waals surface area contributed by atoms with E-state index in [2.05, 4.69) is 270 Å². The van der Waals surface area contributed by atoms with Crippen molar-refractivity contribution in [3.05, 3.63) is 242 Å². The molecule has 12 rings (SSSR count). The third kappa shape index (κ3) is 10.5. The highest BCUT2D eigenvalue weighted by atomic mass is 28.3. The van der Waals surface area contributed by atoms with Crippen LogP contribution in [0.5, 0.6) is 0 Å². The summed E-state index contributed by atoms with van der Waals surface area (Å²) in [7, 11) is -6.48. The second-order valence-corrected chi connectivity index (χ2v) is 47.2. The van der Waals surface area contributed by atoms with E-state index in [9.17, 15) is 0 Å². The zero-order valence-electron chi connectivity index (χ0n) is 50.6. The topological polar surface area (TPSA) is 6.48 Å². The van der Waals surface area contributed by atoms with Crippen LogP contribution >= 0.6 is 0 Å². The molecule has 0 bridgehead atoms. The number of hydrogen-bond acceptors (Lipinski definition) is 2. The smallest absolute Gasteiger partial charge is 0.155 e. The number of para-hydroxylation sites is 2. The van der Waals surface area contributed by atoms with Crippen LogP contribution in [-0.2, 0) is 0 Å². The Morgan fingerprint density at radius 2 is 0.536 bits per heavy atom. The van der Waals surface area contributed by atoms with E-state index in [-0.39, 0.29) is 11.6 Å². The molecule has 0 amide bonds. The molecule has 0 radical (unpaired) electrons. The Bertz CT molecular complexity index is 4100. The summed E-state index contributed by atoms with van der Waals surface area (Å²) in [6.07, 6.45) is 0. The van der Waals surface area contributed by atoms with Crippen LogP contribution in [0.1, 0.15) is 0 Å². The van der Waals surface area contributed by atoms with Crippen molar-refractivity contribution in [2.24, 2.45) is 0 Å². The van der Waals surface area contributed by atoms with E-state index in [1.54, 1.807) is 0 Å². The molecule has 84 heavy (non-hydrogen) atoms. The van der Waals surface area contributed by atoms with Gasteiger partial charge >= 0.3 is 0 Å². The van der Waals surface area contributed by atoms with E-state index in [0.29, 0.717) is 22.5 Å². The molecule has 0 atom stereocenters. The number of rotatable bonds is 14. The predicted octanol–water partition coefficient (Wildman–Crippen LogP) is 20.7. The molecular weight excluding hydrogens is 1090 g/mol. The number of nitrogens with zero attached hydrogens (tertiary/aromatic N) is 2. The molecule has 0 aliphatic carbocycles. The molecule has 0 N–H and O–H groups in total. The van der Waals surface area contributed by atoms with Crippen molar-refractivity contribution in [3.8, 4) is 44.5 Å². The number of hydrogen-bond donors (Lipinski definition) is 0. The van der Waals surface area contributed by atoms with Crippen molar-refractivity contribution in [2.45, 2.75) is 78.6 Å². The molecule has 0 aliphatic heterocycles. The molecule has 0 heterocycles. The average molecular weight is 1170 g/mol. The molecule has 12 aromatic carbocycles. The van der Waals surface area contributed by atoms with E-state index in [4.69, 9.17) is 0 Å². The molecule has 12 aromatic rings. The Labute approximate surface area is 500 Å². The molecule has 0 unspecified atom stereocenters. The van der Waals surface area contributed by atoms with Gasteiger partial charge in [-0.15, -0.1) is 0 Å². The van der Waals surface area contributed by atoms with Crippen molar-refractivity contribution < 1.29 is 8.78 Å². The molecule has 0 saturated carbocycles.